The summed E-state index contributed by atoms with van der Waals surface area (Å²) in [5.74, 6) is 2.49. The monoisotopic (exact) mass is 224 g/mol. The van der Waals surface area contributed by atoms with Crippen LogP contribution >= 0.6 is 0 Å². The van der Waals surface area contributed by atoms with E-state index in [0.717, 1.165) is 31.2 Å². The van der Waals surface area contributed by atoms with E-state index in [4.69, 9.17) is 4.42 Å². The fourth-order valence-electron chi connectivity index (χ4n) is 1.36. The molecule has 0 aromatic carbocycles. The lowest BCUT2D eigenvalue weighted by Gasteiger charge is -2.13. The predicted molar refractivity (Wildman–Crippen MR) is 66.6 cm³/mol. The van der Waals surface area contributed by atoms with Crippen molar-refractivity contribution in [1.82, 2.24) is 10.3 Å². The minimum absolute atomic E-state index is 0.0522. The van der Waals surface area contributed by atoms with Gasteiger partial charge in [0.05, 0.1) is 6.20 Å². The van der Waals surface area contributed by atoms with Crippen molar-refractivity contribution in [1.29, 1.82) is 0 Å². The molecule has 3 heteroatoms. The molecule has 0 saturated carbocycles. The smallest absolute Gasteiger partial charge is 0.195 e. The van der Waals surface area contributed by atoms with Gasteiger partial charge in [-0.3, -0.25) is 0 Å². The van der Waals surface area contributed by atoms with Gasteiger partial charge in [-0.2, -0.15) is 0 Å². The first-order chi connectivity index (χ1) is 7.39. The van der Waals surface area contributed by atoms with Crippen molar-refractivity contribution >= 4 is 0 Å². The van der Waals surface area contributed by atoms with Gasteiger partial charge in [-0.15, -0.1) is 0 Å². The SMILES string of the molecule is CC(C)CNCCc1ncc(C(C)(C)C)o1. The molecule has 0 amide bonds. The van der Waals surface area contributed by atoms with Crippen LogP contribution in [-0.4, -0.2) is 18.1 Å². The number of rotatable bonds is 5. The predicted octanol–water partition coefficient (Wildman–Crippen LogP) is 2.76. The van der Waals surface area contributed by atoms with Crippen LogP contribution in [0.1, 0.15) is 46.3 Å². The van der Waals surface area contributed by atoms with Crippen LogP contribution in [0, 0.1) is 5.92 Å². The second-order valence-electron chi connectivity index (χ2n) is 5.72. The van der Waals surface area contributed by atoms with Crippen molar-refractivity contribution in [2.24, 2.45) is 5.92 Å². The molecule has 0 bridgehead atoms. The van der Waals surface area contributed by atoms with Gasteiger partial charge in [0, 0.05) is 18.4 Å². The summed E-state index contributed by atoms with van der Waals surface area (Å²) in [6.07, 6.45) is 2.71. The average Bonchev–Trinajstić information content (AvgIpc) is 2.59. The number of hydrogen-bond donors (Lipinski definition) is 1. The molecule has 0 spiro atoms. The summed E-state index contributed by atoms with van der Waals surface area (Å²) in [5.41, 5.74) is 0.0522. The second-order valence-corrected chi connectivity index (χ2v) is 5.72. The Bertz CT molecular complexity index is 310. The van der Waals surface area contributed by atoms with Crippen LogP contribution < -0.4 is 5.32 Å². The van der Waals surface area contributed by atoms with E-state index in [0.29, 0.717) is 5.92 Å². The van der Waals surface area contributed by atoms with E-state index in [1.807, 2.05) is 6.20 Å². The molecule has 0 aliphatic rings. The third-order valence-corrected chi connectivity index (χ3v) is 2.36. The maximum Gasteiger partial charge on any atom is 0.195 e. The third kappa shape index (κ3) is 4.35. The van der Waals surface area contributed by atoms with E-state index in [-0.39, 0.29) is 5.41 Å². The first kappa shape index (κ1) is 13.2. The van der Waals surface area contributed by atoms with E-state index >= 15 is 0 Å². The zero-order valence-electron chi connectivity index (χ0n) is 11.1. The van der Waals surface area contributed by atoms with Crippen LogP contribution in [0.15, 0.2) is 10.6 Å². The third-order valence-electron chi connectivity index (χ3n) is 2.36. The van der Waals surface area contributed by atoms with Crippen LogP contribution in [-0.2, 0) is 11.8 Å². The Labute approximate surface area is 98.6 Å². The van der Waals surface area contributed by atoms with Crippen molar-refractivity contribution in [2.45, 2.75) is 46.5 Å². The lowest BCUT2D eigenvalue weighted by Crippen LogP contribution is -2.22. The van der Waals surface area contributed by atoms with Gasteiger partial charge in [-0.05, 0) is 12.5 Å². The van der Waals surface area contributed by atoms with Crippen molar-refractivity contribution in [2.75, 3.05) is 13.1 Å². The lowest BCUT2D eigenvalue weighted by atomic mass is 9.94. The Morgan fingerprint density at radius 2 is 2.06 bits per heavy atom. The molecule has 0 aliphatic carbocycles. The summed E-state index contributed by atoms with van der Waals surface area (Å²) in [6, 6.07) is 0. The molecule has 0 fully saturated rings. The minimum atomic E-state index is 0.0522. The van der Waals surface area contributed by atoms with E-state index in [9.17, 15) is 0 Å². The molecule has 0 saturated heterocycles. The van der Waals surface area contributed by atoms with E-state index in [1.165, 1.54) is 0 Å². The van der Waals surface area contributed by atoms with Crippen molar-refractivity contribution in [3.63, 3.8) is 0 Å². The highest BCUT2D eigenvalue weighted by Crippen LogP contribution is 2.22. The molecule has 1 rings (SSSR count). The molecule has 1 aromatic rings. The summed E-state index contributed by atoms with van der Waals surface area (Å²) in [7, 11) is 0. The Kier molecular flexibility index (Phi) is 4.54. The first-order valence-corrected chi connectivity index (χ1v) is 6.05. The van der Waals surface area contributed by atoms with Gasteiger partial charge < -0.3 is 9.73 Å². The van der Waals surface area contributed by atoms with Crippen LogP contribution in [0.25, 0.3) is 0 Å². The number of nitrogens with one attached hydrogen (secondary N) is 1. The Morgan fingerprint density at radius 3 is 2.56 bits per heavy atom. The van der Waals surface area contributed by atoms with Crippen LogP contribution in [0.3, 0.4) is 0 Å². The van der Waals surface area contributed by atoms with Gasteiger partial charge in [0.1, 0.15) is 5.76 Å². The second kappa shape index (κ2) is 5.48. The summed E-state index contributed by atoms with van der Waals surface area (Å²) in [5, 5.41) is 3.38. The molecular weight excluding hydrogens is 200 g/mol. The average molecular weight is 224 g/mol. The Morgan fingerprint density at radius 1 is 1.38 bits per heavy atom. The number of aromatic nitrogens is 1. The summed E-state index contributed by atoms with van der Waals surface area (Å²) in [4.78, 5) is 4.29. The van der Waals surface area contributed by atoms with E-state index in [2.05, 4.69) is 44.9 Å². The molecule has 92 valence electrons. The van der Waals surface area contributed by atoms with Crippen LogP contribution in [0.5, 0.6) is 0 Å². The number of hydrogen-bond acceptors (Lipinski definition) is 3. The molecule has 0 atom stereocenters. The zero-order chi connectivity index (χ0) is 12.2. The summed E-state index contributed by atoms with van der Waals surface area (Å²) in [6.45, 7) is 12.8. The quantitative estimate of drug-likeness (QED) is 0.782. The molecule has 16 heavy (non-hydrogen) atoms. The fourth-order valence-corrected chi connectivity index (χ4v) is 1.36. The topological polar surface area (TPSA) is 38.1 Å². The van der Waals surface area contributed by atoms with Crippen molar-refractivity contribution < 1.29 is 4.42 Å². The highest BCUT2D eigenvalue weighted by Gasteiger charge is 2.18. The molecule has 1 aromatic heterocycles. The minimum Gasteiger partial charge on any atom is -0.445 e. The Balaban J connectivity index is 2.36. The standard InChI is InChI=1S/C13H24N2O/c1-10(2)8-14-7-6-12-15-9-11(16-12)13(3,4)5/h9-10,14H,6-8H2,1-5H3. The molecule has 0 aliphatic heterocycles. The van der Waals surface area contributed by atoms with E-state index < -0.39 is 0 Å². The van der Waals surface area contributed by atoms with Gasteiger partial charge in [0.25, 0.3) is 0 Å². The van der Waals surface area contributed by atoms with Gasteiger partial charge in [0.2, 0.25) is 0 Å². The molecule has 3 nitrogen and oxygen atoms in total. The van der Waals surface area contributed by atoms with Gasteiger partial charge >= 0.3 is 0 Å². The van der Waals surface area contributed by atoms with Crippen LogP contribution in [0.4, 0.5) is 0 Å². The van der Waals surface area contributed by atoms with Gasteiger partial charge in [-0.25, -0.2) is 4.98 Å². The van der Waals surface area contributed by atoms with Crippen molar-refractivity contribution in [3.8, 4) is 0 Å². The fraction of sp³-hybridized carbons (Fsp3) is 0.769. The molecule has 1 heterocycles. The van der Waals surface area contributed by atoms with Crippen molar-refractivity contribution in [3.05, 3.63) is 17.8 Å². The maximum atomic E-state index is 5.70. The molecule has 0 radical (unpaired) electrons. The molecular formula is C13H24N2O. The highest BCUT2D eigenvalue weighted by atomic mass is 16.4. The van der Waals surface area contributed by atoms with Gasteiger partial charge in [-0.1, -0.05) is 34.6 Å². The first-order valence-electron chi connectivity index (χ1n) is 6.05. The lowest BCUT2D eigenvalue weighted by molar-refractivity contribution is 0.379. The number of nitrogens with zero attached hydrogens (tertiary/aromatic N) is 1. The molecule has 1 N–H and O–H groups in total. The zero-order valence-corrected chi connectivity index (χ0v) is 11.1. The highest BCUT2D eigenvalue weighted by molar-refractivity contribution is 5.06. The Hall–Kier alpha value is -0.830. The maximum absolute atomic E-state index is 5.70. The largest absolute Gasteiger partial charge is 0.445 e. The van der Waals surface area contributed by atoms with Gasteiger partial charge in [0.15, 0.2) is 5.89 Å². The van der Waals surface area contributed by atoms with Crippen LogP contribution in [0.2, 0.25) is 0 Å². The van der Waals surface area contributed by atoms with E-state index in [1.54, 1.807) is 0 Å². The summed E-state index contributed by atoms with van der Waals surface area (Å²) >= 11 is 0. The normalized spacial score (nSPS) is 12.4. The molecule has 0 unspecified atom stereocenters. The summed E-state index contributed by atoms with van der Waals surface area (Å²) < 4.78 is 5.70. The number of oxazole rings is 1.